The van der Waals surface area contributed by atoms with E-state index in [9.17, 15) is 0 Å². The van der Waals surface area contributed by atoms with Gasteiger partial charge in [-0.1, -0.05) is 12.1 Å². The third-order valence-corrected chi connectivity index (χ3v) is 1.74. The van der Waals surface area contributed by atoms with Crippen LogP contribution in [0.1, 0.15) is 0 Å². The van der Waals surface area contributed by atoms with Crippen LogP contribution in [-0.2, 0) is 0 Å². The van der Waals surface area contributed by atoms with E-state index in [0.717, 1.165) is 16.7 Å². The lowest BCUT2D eigenvalue weighted by molar-refractivity contribution is 0.414. The molecule has 1 aromatic heterocycles. The van der Waals surface area contributed by atoms with E-state index < -0.39 is 0 Å². The van der Waals surface area contributed by atoms with Gasteiger partial charge in [-0.25, -0.2) is 0 Å². The average molecular weight is 158 g/mol. The van der Waals surface area contributed by atoms with Crippen LogP contribution < -0.4 is 4.74 Å². The fourth-order valence-electron chi connectivity index (χ4n) is 1.10. The maximum Gasteiger partial charge on any atom is 0.137 e. The first-order valence-corrected chi connectivity index (χ1v) is 3.70. The lowest BCUT2D eigenvalue weighted by Crippen LogP contribution is -1.84. The van der Waals surface area contributed by atoms with Crippen molar-refractivity contribution in [2.24, 2.45) is 0 Å². The highest BCUT2D eigenvalue weighted by atomic mass is 16.5. The monoisotopic (exact) mass is 158 g/mol. The second-order valence-corrected chi connectivity index (χ2v) is 2.49. The number of methoxy groups -OCH3 is 1. The van der Waals surface area contributed by atoms with E-state index in [1.165, 1.54) is 0 Å². The number of benzene rings is 1. The second-order valence-electron chi connectivity index (χ2n) is 2.49. The Morgan fingerprint density at radius 1 is 1.50 bits per heavy atom. The van der Waals surface area contributed by atoms with Crippen LogP contribution in [0.15, 0.2) is 30.5 Å². The summed E-state index contributed by atoms with van der Waals surface area (Å²) in [6.45, 7) is 0. The Kier molecular flexibility index (Phi) is 1.67. The predicted octanol–water partition coefficient (Wildman–Crippen LogP) is 2.04. The van der Waals surface area contributed by atoms with Crippen LogP contribution in [0.25, 0.3) is 10.9 Å². The minimum Gasteiger partial charge on any atom is -0.495 e. The molecule has 0 amide bonds. The summed E-state index contributed by atoms with van der Waals surface area (Å²) in [5, 5.41) is 1.08. The molecule has 0 saturated carbocycles. The van der Waals surface area contributed by atoms with Gasteiger partial charge in [0.05, 0.1) is 18.8 Å². The molecule has 1 radical (unpaired) electrons. The summed E-state index contributed by atoms with van der Waals surface area (Å²) in [6, 6.07) is 10.6. The number of nitrogens with zero attached hydrogens (tertiary/aromatic N) is 1. The van der Waals surface area contributed by atoms with Crippen molar-refractivity contribution in [3.63, 3.8) is 0 Å². The molecule has 0 saturated heterocycles. The van der Waals surface area contributed by atoms with E-state index in [2.05, 4.69) is 11.1 Å². The van der Waals surface area contributed by atoms with Crippen LogP contribution in [0.2, 0.25) is 0 Å². The first-order valence-electron chi connectivity index (χ1n) is 3.70. The molecule has 2 heteroatoms. The highest BCUT2D eigenvalue weighted by molar-refractivity contribution is 5.79. The smallest absolute Gasteiger partial charge is 0.137 e. The minimum atomic E-state index is 0.786. The lowest BCUT2D eigenvalue weighted by Gasteiger charge is -1.99. The van der Waals surface area contributed by atoms with Gasteiger partial charge in [-0.2, -0.15) is 0 Å². The minimum absolute atomic E-state index is 0.786. The van der Waals surface area contributed by atoms with Crippen LogP contribution in [-0.4, -0.2) is 12.1 Å². The molecule has 59 valence electrons. The molecular formula is C10H8NO. The maximum atomic E-state index is 5.05. The molecule has 0 unspecified atom stereocenters. The van der Waals surface area contributed by atoms with Gasteiger partial charge in [-0.3, -0.25) is 4.98 Å². The Hall–Kier alpha value is -1.57. The van der Waals surface area contributed by atoms with Gasteiger partial charge in [0.2, 0.25) is 0 Å². The van der Waals surface area contributed by atoms with Crippen molar-refractivity contribution in [3.8, 4) is 5.75 Å². The Balaban J connectivity index is 2.67. The molecule has 1 aromatic carbocycles. The van der Waals surface area contributed by atoms with Crippen molar-refractivity contribution in [1.29, 1.82) is 0 Å². The fraction of sp³-hybridized carbons (Fsp3) is 0.100. The van der Waals surface area contributed by atoms with E-state index >= 15 is 0 Å². The third kappa shape index (κ3) is 1.11. The number of fused-ring (bicyclic) bond motifs is 1. The third-order valence-electron chi connectivity index (χ3n) is 1.74. The average Bonchev–Trinajstić information content (AvgIpc) is 2.17. The summed E-state index contributed by atoms with van der Waals surface area (Å²) in [7, 11) is 1.64. The molecule has 2 aromatic rings. The first kappa shape index (κ1) is 7.10. The quantitative estimate of drug-likeness (QED) is 0.633. The Bertz CT molecular complexity index is 398. The van der Waals surface area contributed by atoms with E-state index in [-0.39, 0.29) is 0 Å². The first-order chi connectivity index (χ1) is 5.90. The van der Waals surface area contributed by atoms with Crippen LogP contribution in [0.4, 0.5) is 0 Å². The summed E-state index contributed by atoms with van der Waals surface area (Å²) in [5.41, 5.74) is 0.943. The van der Waals surface area contributed by atoms with Gasteiger partial charge in [-0.15, -0.1) is 0 Å². The van der Waals surface area contributed by atoms with Gasteiger partial charge in [0.25, 0.3) is 0 Å². The highest BCUT2D eigenvalue weighted by Crippen LogP contribution is 2.16. The van der Waals surface area contributed by atoms with Gasteiger partial charge in [0.15, 0.2) is 0 Å². The molecular weight excluding hydrogens is 150 g/mol. The molecule has 0 aliphatic carbocycles. The van der Waals surface area contributed by atoms with Crippen molar-refractivity contribution in [3.05, 3.63) is 36.5 Å². The van der Waals surface area contributed by atoms with Crippen molar-refractivity contribution in [1.82, 2.24) is 4.98 Å². The molecule has 0 spiro atoms. The highest BCUT2D eigenvalue weighted by Gasteiger charge is 1.94. The zero-order valence-corrected chi connectivity index (χ0v) is 6.74. The Morgan fingerprint density at radius 3 is 3.25 bits per heavy atom. The number of hydrogen-bond acceptors (Lipinski definition) is 2. The molecule has 1 heterocycles. The van der Waals surface area contributed by atoms with E-state index in [1.54, 1.807) is 13.3 Å². The van der Waals surface area contributed by atoms with Crippen LogP contribution in [0, 0.1) is 6.07 Å². The standard InChI is InChI=1S/C10H8NO/c1-12-9-6-8-4-2-3-5-10(8)11-7-9/h2,4-7H,1H3. The van der Waals surface area contributed by atoms with Crippen LogP contribution in [0.3, 0.4) is 0 Å². The Labute approximate surface area is 70.8 Å². The maximum absolute atomic E-state index is 5.05. The topological polar surface area (TPSA) is 22.1 Å². The Morgan fingerprint density at radius 2 is 2.42 bits per heavy atom. The predicted molar refractivity (Wildman–Crippen MR) is 47.1 cm³/mol. The summed E-state index contributed by atoms with van der Waals surface area (Å²) in [4.78, 5) is 4.20. The molecule has 0 aliphatic rings. The van der Waals surface area contributed by atoms with Crippen molar-refractivity contribution < 1.29 is 4.74 Å². The number of ether oxygens (including phenoxy) is 1. The number of hydrogen-bond donors (Lipinski definition) is 0. The lowest BCUT2D eigenvalue weighted by atomic mass is 10.2. The molecule has 0 bridgehead atoms. The van der Waals surface area contributed by atoms with E-state index in [4.69, 9.17) is 4.74 Å². The second kappa shape index (κ2) is 2.81. The summed E-state index contributed by atoms with van der Waals surface area (Å²) in [6.07, 6.45) is 1.70. The molecule has 2 nitrogen and oxygen atoms in total. The summed E-state index contributed by atoms with van der Waals surface area (Å²) < 4.78 is 5.05. The van der Waals surface area contributed by atoms with Gasteiger partial charge >= 0.3 is 0 Å². The van der Waals surface area contributed by atoms with Crippen LogP contribution >= 0.6 is 0 Å². The largest absolute Gasteiger partial charge is 0.495 e. The number of rotatable bonds is 1. The van der Waals surface area contributed by atoms with Gasteiger partial charge in [0, 0.05) is 5.39 Å². The van der Waals surface area contributed by atoms with E-state index in [0.29, 0.717) is 0 Å². The van der Waals surface area contributed by atoms with Gasteiger partial charge in [-0.05, 0) is 18.2 Å². The van der Waals surface area contributed by atoms with E-state index in [1.807, 2.05) is 24.3 Å². The van der Waals surface area contributed by atoms with Crippen molar-refractivity contribution in [2.45, 2.75) is 0 Å². The number of pyridine rings is 1. The SMILES string of the molecule is COc1cnc2c[c]ccc2c1. The van der Waals surface area contributed by atoms with Gasteiger partial charge in [0.1, 0.15) is 5.75 Å². The molecule has 0 atom stereocenters. The number of aromatic nitrogens is 1. The molecule has 0 aliphatic heterocycles. The van der Waals surface area contributed by atoms with Crippen molar-refractivity contribution in [2.75, 3.05) is 7.11 Å². The summed E-state index contributed by atoms with van der Waals surface area (Å²) >= 11 is 0. The fourth-order valence-corrected chi connectivity index (χ4v) is 1.10. The summed E-state index contributed by atoms with van der Waals surface area (Å²) in [5.74, 6) is 0.786. The zero-order chi connectivity index (χ0) is 8.39. The van der Waals surface area contributed by atoms with Crippen LogP contribution in [0.5, 0.6) is 5.75 Å². The van der Waals surface area contributed by atoms with Gasteiger partial charge < -0.3 is 4.74 Å². The molecule has 0 fully saturated rings. The molecule has 0 N–H and O–H groups in total. The molecule has 12 heavy (non-hydrogen) atoms. The zero-order valence-electron chi connectivity index (χ0n) is 6.74. The molecule has 2 rings (SSSR count). The normalized spacial score (nSPS) is 10.1. The van der Waals surface area contributed by atoms with Crippen molar-refractivity contribution >= 4 is 10.9 Å².